The molecule has 1 atom stereocenters. The second-order valence-electron chi connectivity index (χ2n) is 7.78. The lowest BCUT2D eigenvalue weighted by Crippen LogP contribution is -2.42. The first-order chi connectivity index (χ1) is 14.0. The maximum absolute atomic E-state index is 13.1. The largest absolute Gasteiger partial charge is 0.342 e. The molecule has 8 heteroatoms. The van der Waals surface area contributed by atoms with Crippen molar-refractivity contribution in [3.63, 3.8) is 0 Å². The minimum absolute atomic E-state index is 0.0677. The van der Waals surface area contributed by atoms with Crippen molar-refractivity contribution in [2.24, 2.45) is 18.9 Å². The van der Waals surface area contributed by atoms with Gasteiger partial charge in [-0.1, -0.05) is 11.8 Å². The van der Waals surface area contributed by atoms with E-state index in [-0.39, 0.29) is 30.0 Å². The van der Waals surface area contributed by atoms with Gasteiger partial charge in [0.1, 0.15) is 5.82 Å². The number of hydrogen-bond acceptors (Lipinski definition) is 4. The molecule has 0 spiro atoms. The van der Waals surface area contributed by atoms with Crippen molar-refractivity contribution < 1.29 is 14.0 Å². The summed E-state index contributed by atoms with van der Waals surface area (Å²) in [7, 11) is 1.99. The highest BCUT2D eigenvalue weighted by Crippen LogP contribution is 2.29. The number of benzene rings is 1. The smallest absolute Gasteiger partial charge is 0.228 e. The Kier molecular flexibility index (Phi) is 5.89. The third kappa shape index (κ3) is 4.47. The van der Waals surface area contributed by atoms with E-state index >= 15 is 0 Å². The predicted molar refractivity (Wildman–Crippen MR) is 110 cm³/mol. The van der Waals surface area contributed by atoms with Gasteiger partial charge in [-0.2, -0.15) is 0 Å². The zero-order valence-electron chi connectivity index (χ0n) is 16.5. The second-order valence-corrected chi connectivity index (χ2v) is 8.77. The number of nitrogens with zero attached hydrogens (tertiary/aromatic N) is 4. The van der Waals surface area contributed by atoms with Crippen LogP contribution in [0.15, 0.2) is 41.8 Å². The van der Waals surface area contributed by atoms with E-state index in [2.05, 4.69) is 4.98 Å². The maximum atomic E-state index is 13.1. The molecule has 2 aromatic rings. The number of piperidine rings is 1. The second kappa shape index (κ2) is 8.57. The first kappa shape index (κ1) is 19.9. The van der Waals surface area contributed by atoms with E-state index in [9.17, 15) is 14.0 Å². The van der Waals surface area contributed by atoms with E-state index in [0.717, 1.165) is 36.8 Å². The van der Waals surface area contributed by atoms with Gasteiger partial charge in [-0.25, -0.2) is 9.37 Å². The minimum atomic E-state index is -0.336. The van der Waals surface area contributed by atoms with Crippen LogP contribution in [-0.4, -0.2) is 51.7 Å². The monoisotopic (exact) mass is 416 g/mol. The van der Waals surface area contributed by atoms with Crippen LogP contribution >= 0.6 is 11.8 Å². The highest BCUT2D eigenvalue weighted by molar-refractivity contribution is 7.99. The maximum Gasteiger partial charge on any atom is 0.228 e. The Balaban J connectivity index is 1.28. The number of rotatable bonds is 5. The van der Waals surface area contributed by atoms with Gasteiger partial charge in [0.25, 0.3) is 0 Å². The molecule has 2 amide bonds. The van der Waals surface area contributed by atoms with Crippen molar-refractivity contribution in [2.45, 2.75) is 24.4 Å². The van der Waals surface area contributed by atoms with E-state index in [1.54, 1.807) is 28.8 Å². The number of aromatic nitrogens is 2. The Morgan fingerprint density at radius 3 is 2.62 bits per heavy atom. The topological polar surface area (TPSA) is 58.4 Å². The number of amides is 2. The van der Waals surface area contributed by atoms with Crippen LogP contribution in [0.5, 0.6) is 0 Å². The number of hydrogen-bond donors (Lipinski definition) is 0. The van der Waals surface area contributed by atoms with E-state index in [1.807, 2.05) is 28.9 Å². The van der Waals surface area contributed by atoms with E-state index in [0.29, 0.717) is 18.2 Å². The fourth-order valence-corrected chi connectivity index (χ4v) is 5.12. The van der Waals surface area contributed by atoms with Gasteiger partial charge >= 0.3 is 0 Å². The van der Waals surface area contributed by atoms with Crippen LogP contribution in [0.3, 0.4) is 0 Å². The number of aryl methyl sites for hydroxylation is 1. The molecule has 154 valence electrons. The molecule has 29 heavy (non-hydrogen) atoms. The summed E-state index contributed by atoms with van der Waals surface area (Å²) in [6.45, 7) is 1.86. The van der Waals surface area contributed by atoms with E-state index in [4.69, 9.17) is 0 Å². The van der Waals surface area contributed by atoms with Crippen LogP contribution in [0, 0.1) is 17.7 Å². The van der Waals surface area contributed by atoms with Crippen LogP contribution in [0.1, 0.15) is 19.3 Å². The van der Waals surface area contributed by atoms with Gasteiger partial charge in [-0.3, -0.25) is 9.59 Å². The number of thioether (sulfide) groups is 1. The molecule has 2 aliphatic heterocycles. The molecule has 0 saturated carbocycles. The molecule has 6 nitrogen and oxygen atoms in total. The van der Waals surface area contributed by atoms with Crippen molar-refractivity contribution in [1.29, 1.82) is 0 Å². The number of anilines is 1. The zero-order valence-corrected chi connectivity index (χ0v) is 17.3. The molecule has 1 unspecified atom stereocenters. The molecule has 2 aliphatic rings. The summed E-state index contributed by atoms with van der Waals surface area (Å²) in [6, 6.07) is 5.85. The van der Waals surface area contributed by atoms with Crippen molar-refractivity contribution >= 4 is 29.3 Å². The van der Waals surface area contributed by atoms with Crippen LogP contribution in [0.2, 0.25) is 0 Å². The van der Waals surface area contributed by atoms with Crippen LogP contribution in [-0.2, 0) is 16.6 Å². The summed E-state index contributed by atoms with van der Waals surface area (Å²) in [5, 5.41) is 1.02. The highest BCUT2D eigenvalue weighted by Gasteiger charge is 2.38. The molecule has 0 N–H and O–H groups in total. The Labute approximate surface area is 174 Å². The van der Waals surface area contributed by atoms with E-state index < -0.39 is 0 Å². The lowest BCUT2D eigenvalue weighted by atomic mass is 9.97. The average molecular weight is 417 g/mol. The number of carbonyl (C=O) groups excluding carboxylic acids is 2. The normalized spacial score (nSPS) is 20.5. The lowest BCUT2D eigenvalue weighted by molar-refractivity contribution is -0.137. The van der Waals surface area contributed by atoms with Crippen molar-refractivity contribution in [2.75, 3.05) is 30.3 Å². The molecule has 1 aromatic carbocycles. The molecule has 1 aromatic heterocycles. The predicted octanol–water partition coefficient (Wildman–Crippen LogP) is 2.94. The molecule has 4 rings (SSSR count). The minimum Gasteiger partial charge on any atom is -0.342 e. The fraction of sp³-hybridized carbons (Fsp3) is 0.476. The van der Waals surface area contributed by atoms with E-state index in [1.165, 1.54) is 12.1 Å². The fourth-order valence-electron chi connectivity index (χ4n) is 4.01. The Morgan fingerprint density at radius 1 is 1.24 bits per heavy atom. The molecule has 0 aliphatic carbocycles. The number of carbonyl (C=O) groups is 2. The zero-order chi connectivity index (χ0) is 20.4. The number of halogens is 1. The summed E-state index contributed by atoms with van der Waals surface area (Å²) in [4.78, 5) is 33.2. The first-order valence-electron chi connectivity index (χ1n) is 9.96. The Bertz CT molecular complexity index is 877. The van der Waals surface area contributed by atoms with Crippen molar-refractivity contribution in [3.05, 3.63) is 42.5 Å². The van der Waals surface area contributed by atoms with Gasteiger partial charge in [0.2, 0.25) is 11.8 Å². The third-order valence-corrected chi connectivity index (χ3v) is 7.05. The van der Waals surface area contributed by atoms with Crippen LogP contribution in [0.4, 0.5) is 10.1 Å². The Morgan fingerprint density at radius 2 is 1.97 bits per heavy atom. The summed E-state index contributed by atoms with van der Waals surface area (Å²) < 4.78 is 15.2. The number of likely N-dealkylation sites (tertiary alicyclic amines) is 1. The van der Waals surface area contributed by atoms with Crippen molar-refractivity contribution in [1.82, 2.24) is 14.5 Å². The molecule has 2 saturated heterocycles. The molecule has 2 fully saturated rings. The molecular formula is C21H25FN4O2S. The van der Waals surface area contributed by atoms with Gasteiger partial charge < -0.3 is 14.4 Å². The summed E-state index contributed by atoms with van der Waals surface area (Å²) in [5.74, 6) is 0.923. The van der Waals surface area contributed by atoms with Gasteiger partial charge in [-0.15, -0.1) is 0 Å². The SMILES string of the molecule is Cn1ccnc1SCC1CCN(C(=O)C2CC(=O)N(c3ccc(F)cc3)C2)CC1. The summed E-state index contributed by atoms with van der Waals surface area (Å²) >= 11 is 1.76. The molecule has 0 bridgehead atoms. The number of imidazole rings is 1. The molecule has 0 radical (unpaired) electrons. The van der Waals surface area contributed by atoms with Gasteiger partial charge in [0.05, 0.1) is 5.92 Å². The van der Waals surface area contributed by atoms with Crippen LogP contribution < -0.4 is 4.90 Å². The Hall–Kier alpha value is -2.35. The molecule has 3 heterocycles. The van der Waals surface area contributed by atoms with Gasteiger partial charge in [0.15, 0.2) is 5.16 Å². The summed E-state index contributed by atoms with van der Waals surface area (Å²) in [5.41, 5.74) is 0.650. The highest BCUT2D eigenvalue weighted by atomic mass is 32.2. The lowest BCUT2D eigenvalue weighted by Gasteiger charge is -2.33. The summed E-state index contributed by atoms with van der Waals surface area (Å²) in [6.07, 6.45) is 5.94. The van der Waals surface area contributed by atoms with Gasteiger partial charge in [-0.05, 0) is 43.0 Å². The standard InChI is InChI=1S/C21H25FN4O2S/c1-24-11-8-23-21(24)29-14-15-6-9-25(10-7-15)20(28)16-12-19(27)26(13-16)18-4-2-17(22)3-5-18/h2-5,8,11,15-16H,6-7,9-10,12-14H2,1H3. The third-order valence-electron chi connectivity index (χ3n) is 5.76. The molecular weight excluding hydrogens is 391 g/mol. The van der Waals surface area contributed by atoms with Gasteiger partial charge in [0, 0.05) is 56.9 Å². The van der Waals surface area contributed by atoms with Crippen molar-refractivity contribution in [3.8, 4) is 0 Å². The van der Waals surface area contributed by atoms with Crippen LogP contribution in [0.25, 0.3) is 0 Å². The first-order valence-corrected chi connectivity index (χ1v) is 10.9. The average Bonchev–Trinajstić information content (AvgIpc) is 3.32. The quantitative estimate of drug-likeness (QED) is 0.704.